The van der Waals surface area contributed by atoms with E-state index in [0.717, 1.165) is 47.8 Å². The van der Waals surface area contributed by atoms with Crippen LogP contribution in [0.1, 0.15) is 91.9 Å². The first-order valence-electron chi connectivity index (χ1n) is 12.4. The van der Waals surface area contributed by atoms with Gasteiger partial charge in [0.05, 0.1) is 18.3 Å². The molecular weight excluding hydrogens is 346 g/mol. The van der Waals surface area contributed by atoms with E-state index in [9.17, 15) is 5.11 Å². The van der Waals surface area contributed by atoms with Crippen molar-refractivity contribution in [3.05, 3.63) is 0 Å². The molecule has 10 unspecified atom stereocenters. The molecule has 0 saturated heterocycles. The molecular formula is C25H45NO2. The summed E-state index contributed by atoms with van der Waals surface area (Å²) in [5.74, 6) is 5.87. The van der Waals surface area contributed by atoms with Gasteiger partial charge in [0.25, 0.3) is 0 Å². The van der Waals surface area contributed by atoms with Gasteiger partial charge in [0.2, 0.25) is 0 Å². The number of aliphatic hydroxyl groups excluding tert-OH is 1. The van der Waals surface area contributed by atoms with E-state index in [2.05, 4.69) is 20.8 Å². The second kappa shape index (κ2) is 8.19. The number of aliphatic hydroxyl groups is 1. The molecule has 10 atom stereocenters. The van der Waals surface area contributed by atoms with Crippen molar-refractivity contribution in [2.24, 2.45) is 47.2 Å². The lowest BCUT2D eigenvalue weighted by atomic mass is 9.50. The Bertz CT molecular complexity index is 535. The summed E-state index contributed by atoms with van der Waals surface area (Å²) >= 11 is 0. The minimum absolute atomic E-state index is 0.000570. The molecule has 3 heteroatoms. The summed E-state index contributed by atoms with van der Waals surface area (Å²) in [6.45, 7) is 8.51. The molecule has 0 amide bonds. The molecule has 162 valence electrons. The molecule has 4 rings (SSSR count). The van der Waals surface area contributed by atoms with Crippen molar-refractivity contribution in [1.82, 2.24) is 0 Å². The highest BCUT2D eigenvalue weighted by atomic mass is 16.5. The molecule has 4 aliphatic carbocycles. The zero-order chi connectivity index (χ0) is 20.1. The second-order valence-electron chi connectivity index (χ2n) is 11.5. The summed E-state index contributed by atoms with van der Waals surface area (Å²) in [7, 11) is 0. The monoisotopic (exact) mass is 391 g/mol. The molecule has 3 N–H and O–H groups in total. The summed E-state index contributed by atoms with van der Waals surface area (Å²) in [6.07, 6.45) is 13.2. The van der Waals surface area contributed by atoms with Gasteiger partial charge in [0.15, 0.2) is 0 Å². The topological polar surface area (TPSA) is 55.5 Å². The van der Waals surface area contributed by atoms with Gasteiger partial charge in [-0.3, -0.25) is 0 Å². The largest absolute Gasteiger partial charge is 0.391 e. The lowest BCUT2D eigenvalue weighted by molar-refractivity contribution is -0.0826. The fourth-order valence-corrected chi connectivity index (χ4v) is 8.31. The van der Waals surface area contributed by atoms with Gasteiger partial charge in [-0.15, -0.1) is 0 Å². The molecule has 0 aromatic heterocycles. The van der Waals surface area contributed by atoms with Crippen LogP contribution in [0.2, 0.25) is 0 Å². The van der Waals surface area contributed by atoms with Crippen molar-refractivity contribution in [3.8, 4) is 0 Å². The molecule has 0 heterocycles. The fourth-order valence-electron chi connectivity index (χ4n) is 8.31. The van der Waals surface area contributed by atoms with Crippen LogP contribution >= 0.6 is 0 Å². The predicted molar refractivity (Wildman–Crippen MR) is 115 cm³/mol. The SMILES string of the molecule is CC(C)OC(CC1CCC2C(CCC3C2CCC2C(C)CCC23N)C1)C(C)O. The second-order valence-corrected chi connectivity index (χ2v) is 11.5. The number of hydrogen-bond donors (Lipinski definition) is 2. The van der Waals surface area contributed by atoms with Crippen LogP contribution in [0, 0.1) is 41.4 Å². The lowest BCUT2D eigenvalue weighted by Gasteiger charge is -2.57. The van der Waals surface area contributed by atoms with Crippen LogP contribution in [0.5, 0.6) is 0 Å². The minimum Gasteiger partial charge on any atom is -0.391 e. The zero-order valence-electron chi connectivity index (χ0n) is 18.8. The average molecular weight is 392 g/mol. The van der Waals surface area contributed by atoms with Crippen molar-refractivity contribution in [2.45, 2.75) is 116 Å². The van der Waals surface area contributed by atoms with Gasteiger partial charge in [-0.25, -0.2) is 0 Å². The third-order valence-electron chi connectivity index (χ3n) is 9.53. The highest BCUT2D eigenvalue weighted by Gasteiger charge is 2.57. The van der Waals surface area contributed by atoms with Crippen molar-refractivity contribution >= 4 is 0 Å². The molecule has 0 radical (unpaired) electrons. The molecule has 28 heavy (non-hydrogen) atoms. The highest BCUT2D eigenvalue weighted by Crippen LogP contribution is 2.60. The van der Waals surface area contributed by atoms with Gasteiger partial charge in [-0.2, -0.15) is 0 Å². The maximum absolute atomic E-state index is 10.2. The van der Waals surface area contributed by atoms with Crippen molar-refractivity contribution in [2.75, 3.05) is 0 Å². The van der Waals surface area contributed by atoms with Crippen LogP contribution in [0.25, 0.3) is 0 Å². The molecule has 4 aliphatic rings. The molecule has 3 nitrogen and oxygen atoms in total. The third-order valence-corrected chi connectivity index (χ3v) is 9.53. The van der Waals surface area contributed by atoms with Crippen LogP contribution in [-0.4, -0.2) is 29.0 Å². The Morgan fingerprint density at radius 2 is 1.68 bits per heavy atom. The van der Waals surface area contributed by atoms with Crippen molar-refractivity contribution in [3.63, 3.8) is 0 Å². The first-order chi connectivity index (χ1) is 13.3. The van der Waals surface area contributed by atoms with Crippen molar-refractivity contribution < 1.29 is 9.84 Å². The minimum atomic E-state index is -0.368. The van der Waals surface area contributed by atoms with E-state index >= 15 is 0 Å². The van der Waals surface area contributed by atoms with Crippen LogP contribution < -0.4 is 5.73 Å². The fraction of sp³-hybridized carbons (Fsp3) is 1.00. The van der Waals surface area contributed by atoms with Gasteiger partial charge >= 0.3 is 0 Å². The normalized spacial score (nSPS) is 47.9. The van der Waals surface area contributed by atoms with E-state index < -0.39 is 0 Å². The van der Waals surface area contributed by atoms with E-state index in [1.54, 1.807) is 0 Å². The third kappa shape index (κ3) is 3.81. The Balaban J connectivity index is 1.39. The highest BCUT2D eigenvalue weighted by molar-refractivity contribution is 5.11. The standard InChI is InChI=1S/C25H45NO2/c1-15(2)28-24(17(4)27)14-18-5-7-20-19(13-18)6-9-23-21(20)8-10-22-16(3)11-12-25(22,23)26/h15-24,27H,5-14,26H2,1-4H3. The van der Waals surface area contributed by atoms with Gasteiger partial charge in [0, 0.05) is 5.54 Å². The number of ether oxygens (including phenoxy) is 1. The summed E-state index contributed by atoms with van der Waals surface area (Å²) in [5, 5.41) is 10.2. The summed E-state index contributed by atoms with van der Waals surface area (Å²) < 4.78 is 6.04. The van der Waals surface area contributed by atoms with Crippen LogP contribution in [0.3, 0.4) is 0 Å². The number of fused-ring (bicyclic) bond motifs is 5. The quantitative estimate of drug-likeness (QED) is 0.681. The van der Waals surface area contributed by atoms with E-state index in [1.165, 1.54) is 57.8 Å². The Morgan fingerprint density at radius 1 is 0.964 bits per heavy atom. The number of rotatable bonds is 5. The Hall–Kier alpha value is -0.120. The van der Waals surface area contributed by atoms with Gasteiger partial charge in [-0.1, -0.05) is 13.3 Å². The lowest BCUT2D eigenvalue weighted by Crippen LogP contribution is -2.59. The predicted octanol–water partition coefficient (Wildman–Crippen LogP) is 5.15. The molecule has 0 aromatic rings. The van der Waals surface area contributed by atoms with Crippen LogP contribution in [0.15, 0.2) is 0 Å². The molecule has 4 saturated carbocycles. The molecule has 0 aliphatic heterocycles. The maximum atomic E-state index is 10.2. The zero-order valence-corrected chi connectivity index (χ0v) is 18.8. The molecule has 0 spiro atoms. The van der Waals surface area contributed by atoms with Crippen LogP contribution in [-0.2, 0) is 4.74 Å². The summed E-state index contributed by atoms with van der Waals surface area (Å²) in [4.78, 5) is 0. The van der Waals surface area contributed by atoms with E-state index in [1.807, 2.05) is 6.92 Å². The van der Waals surface area contributed by atoms with E-state index in [4.69, 9.17) is 10.5 Å². The van der Waals surface area contributed by atoms with Crippen LogP contribution in [0.4, 0.5) is 0 Å². The Morgan fingerprint density at radius 3 is 2.39 bits per heavy atom. The Labute approximate surface area is 173 Å². The number of hydrogen-bond acceptors (Lipinski definition) is 3. The summed E-state index contributed by atoms with van der Waals surface area (Å²) in [6, 6.07) is 0. The molecule has 0 bridgehead atoms. The van der Waals surface area contributed by atoms with E-state index in [-0.39, 0.29) is 23.9 Å². The average Bonchev–Trinajstić information content (AvgIpc) is 2.95. The van der Waals surface area contributed by atoms with E-state index in [0.29, 0.717) is 0 Å². The molecule has 0 aromatic carbocycles. The summed E-state index contributed by atoms with van der Waals surface area (Å²) in [5.41, 5.74) is 7.32. The van der Waals surface area contributed by atoms with Gasteiger partial charge < -0.3 is 15.6 Å². The Kier molecular flexibility index (Phi) is 6.18. The smallest absolute Gasteiger partial charge is 0.0837 e. The van der Waals surface area contributed by atoms with Gasteiger partial charge in [-0.05, 0) is 120 Å². The molecule has 4 fully saturated rings. The number of nitrogens with two attached hydrogens (primary N) is 1. The maximum Gasteiger partial charge on any atom is 0.0837 e. The van der Waals surface area contributed by atoms with Gasteiger partial charge in [0.1, 0.15) is 0 Å². The first kappa shape index (κ1) is 21.1. The first-order valence-corrected chi connectivity index (χ1v) is 12.4. The van der Waals surface area contributed by atoms with Crippen molar-refractivity contribution in [1.29, 1.82) is 0 Å².